The van der Waals surface area contributed by atoms with Crippen LogP contribution in [0.2, 0.25) is 0 Å². The van der Waals surface area contributed by atoms with Gasteiger partial charge < -0.3 is 10.5 Å². The van der Waals surface area contributed by atoms with Gasteiger partial charge in [-0.25, -0.2) is 0 Å². The largest absolute Gasteiger partial charge is 0.465 e. The van der Waals surface area contributed by atoms with Crippen LogP contribution in [0.1, 0.15) is 59.3 Å². The highest BCUT2D eigenvalue weighted by Gasteiger charge is 2.39. The number of ether oxygens (including phenoxy) is 1. The van der Waals surface area contributed by atoms with Gasteiger partial charge in [0.1, 0.15) is 0 Å². The summed E-state index contributed by atoms with van der Waals surface area (Å²) in [5.74, 6) is -0.0658. The Labute approximate surface area is 105 Å². The standard InChI is InChI=1S/C14H27NO2/c1-13(2,3)9-10-17-12(16)14(11-15)7-5-4-6-8-14/h4-11,15H2,1-3H3. The molecule has 1 aliphatic rings. The third-order valence-corrected chi connectivity index (χ3v) is 3.72. The minimum absolute atomic E-state index is 0.0658. The molecule has 1 aliphatic carbocycles. The van der Waals surface area contributed by atoms with Crippen molar-refractivity contribution in [2.24, 2.45) is 16.6 Å². The lowest BCUT2D eigenvalue weighted by Gasteiger charge is -2.33. The number of nitrogens with two attached hydrogens (primary N) is 1. The Kier molecular flexibility index (Phi) is 4.99. The molecule has 3 nitrogen and oxygen atoms in total. The van der Waals surface area contributed by atoms with E-state index in [1.54, 1.807) is 0 Å². The molecule has 3 heteroatoms. The predicted octanol–water partition coefficient (Wildman–Crippen LogP) is 2.88. The third-order valence-electron chi connectivity index (χ3n) is 3.72. The van der Waals surface area contributed by atoms with E-state index in [-0.39, 0.29) is 16.8 Å². The first-order chi connectivity index (χ1) is 7.90. The van der Waals surface area contributed by atoms with E-state index in [2.05, 4.69) is 20.8 Å². The molecule has 0 aromatic rings. The number of hydrogen-bond acceptors (Lipinski definition) is 3. The van der Waals surface area contributed by atoms with Gasteiger partial charge in [0.15, 0.2) is 0 Å². The molecule has 0 atom stereocenters. The molecule has 0 radical (unpaired) electrons. The van der Waals surface area contributed by atoms with Gasteiger partial charge in [0, 0.05) is 6.54 Å². The van der Waals surface area contributed by atoms with Gasteiger partial charge in [-0.1, -0.05) is 40.0 Å². The lowest BCUT2D eigenvalue weighted by Crippen LogP contribution is -2.41. The van der Waals surface area contributed by atoms with Crippen LogP contribution >= 0.6 is 0 Å². The van der Waals surface area contributed by atoms with E-state index in [0.29, 0.717) is 13.2 Å². The Morgan fingerprint density at radius 1 is 1.24 bits per heavy atom. The molecule has 0 aliphatic heterocycles. The zero-order valence-electron chi connectivity index (χ0n) is 11.6. The molecule has 0 bridgehead atoms. The number of rotatable bonds is 4. The van der Waals surface area contributed by atoms with Crippen molar-refractivity contribution < 1.29 is 9.53 Å². The second kappa shape index (κ2) is 5.85. The van der Waals surface area contributed by atoms with Crippen LogP contribution in [0, 0.1) is 10.8 Å². The van der Waals surface area contributed by atoms with E-state index in [0.717, 1.165) is 32.1 Å². The molecule has 0 heterocycles. The smallest absolute Gasteiger partial charge is 0.313 e. The summed E-state index contributed by atoms with van der Waals surface area (Å²) in [6.45, 7) is 7.41. The van der Waals surface area contributed by atoms with Crippen molar-refractivity contribution in [3.63, 3.8) is 0 Å². The molecule has 0 saturated heterocycles. The third kappa shape index (κ3) is 4.30. The van der Waals surface area contributed by atoms with Crippen molar-refractivity contribution in [3.05, 3.63) is 0 Å². The number of hydrogen-bond donors (Lipinski definition) is 1. The maximum Gasteiger partial charge on any atom is 0.313 e. The summed E-state index contributed by atoms with van der Waals surface area (Å²) in [6, 6.07) is 0. The van der Waals surface area contributed by atoms with Crippen LogP contribution in [-0.2, 0) is 9.53 Å². The van der Waals surface area contributed by atoms with E-state index in [1.807, 2.05) is 0 Å². The Morgan fingerprint density at radius 3 is 2.29 bits per heavy atom. The summed E-state index contributed by atoms with van der Waals surface area (Å²) in [7, 11) is 0. The van der Waals surface area contributed by atoms with Crippen LogP contribution in [0.5, 0.6) is 0 Å². The topological polar surface area (TPSA) is 52.3 Å². The van der Waals surface area contributed by atoms with Crippen LogP contribution in [0.4, 0.5) is 0 Å². The predicted molar refractivity (Wildman–Crippen MR) is 69.6 cm³/mol. The van der Waals surface area contributed by atoms with E-state index in [9.17, 15) is 4.79 Å². The lowest BCUT2D eigenvalue weighted by molar-refractivity contribution is -0.158. The lowest BCUT2D eigenvalue weighted by atomic mass is 9.74. The van der Waals surface area contributed by atoms with E-state index < -0.39 is 0 Å². The summed E-state index contributed by atoms with van der Waals surface area (Å²) in [5.41, 5.74) is 5.63. The fraction of sp³-hybridized carbons (Fsp3) is 0.929. The highest BCUT2D eigenvalue weighted by atomic mass is 16.5. The second-order valence-corrected chi connectivity index (χ2v) is 6.49. The van der Waals surface area contributed by atoms with E-state index in [4.69, 9.17) is 10.5 Å². The Balaban J connectivity index is 2.44. The van der Waals surface area contributed by atoms with E-state index in [1.165, 1.54) is 6.42 Å². The maximum absolute atomic E-state index is 12.1. The van der Waals surface area contributed by atoms with Crippen molar-refractivity contribution >= 4 is 5.97 Å². The minimum Gasteiger partial charge on any atom is -0.465 e. The molecule has 0 aromatic carbocycles. The Morgan fingerprint density at radius 2 is 1.82 bits per heavy atom. The molecule has 0 unspecified atom stereocenters. The van der Waals surface area contributed by atoms with Crippen LogP contribution in [-0.4, -0.2) is 19.1 Å². The zero-order valence-corrected chi connectivity index (χ0v) is 11.6. The maximum atomic E-state index is 12.1. The van der Waals surface area contributed by atoms with Gasteiger partial charge in [0.05, 0.1) is 12.0 Å². The van der Waals surface area contributed by atoms with Crippen LogP contribution in [0.25, 0.3) is 0 Å². The SMILES string of the molecule is CC(C)(C)CCOC(=O)C1(CN)CCCCC1. The van der Waals surface area contributed by atoms with Crippen LogP contribution < -0.4 is 5.73 Å². The molecular formula is C14H27NO2. The number of carbonyl (C=O) groups excluding carboxylic acids is 1. The summed E-state index contributed by atoms with van der Waals surface area (Å²) >= 11 is 0. The average molecular weight is 241 g/mol. The summed E-state index contributed by atoms with van der Waals surface area (Å²) in [5, 5.41) is 0. The molecule has 17 heavy (non-hydrogen) atoms. The Bertz CT molecular complexity index is 249. The molecule has 0 spiro atoms. The van der Waals surface area contributed by atoms with Crippen molar-refractivity contribution in [3.8, 4) is 0 Å². The second-order valence-electron chi connectivity index (χ2n) is 6.49. The number of esters is 1. The van der Waals surface area contributed by atoms with Gasteiger partial charge in [-0.05, 0) is 24.7 Å². The fourth-order valence-corrected chi connectivity index (χ4v) is 2.32. The first kappa shape index (κ1) is 14.5. The minimum atomic E-state index is -0.379. The molecule has 1 fully saturated rings. The number of carbonyl (C=O) groups is 1. The Hall–Kier alpha value is -0.570. The summed E-state index contributed by atoms with van der Waals surface area (Å²) in [6.07, 6.45) is 6.13. The van der Waals surface area contributed by atoms with Gasteiger partial charge >= 0.3 is 5.97 Å². The first-order valence-electron chi connectivity index (χ1n) is 6.77. The van der Waals surface area contributed by atoms with Crippen molar-refractivity contribution in [1.29, 1.82) is 0 Å². The molecule has 1 saturated carbocycles. The molecule has 0 aromatic heterocycles. The van der Waals surface area contributed by atoms with Crippen LogP contribution in [0.15, 0.2) is 0 Å². The van der Waals surface area contributed by atoms with Gasteiger partial charge in [-0.2, -0.15) is 0 Å². The van der Waals surface area contributed by atoms with Gasteiger partial charge in [0.2, 0.25) is 0 Å². The van der Waals surface area contributed by atoms with Crippen LogP contribution in [0.3, 0.4) is 0 Å². The van der Waals surface area contributed by atoms with Gasteiger partial charge in [0.25, 0.3) is 0 Å². The molecule has 2 N–H and O–H groups in total. The molecular weight excluding hydrogens is 214 g/mol. The summed E-state index contributed by atoms with van der Waals surface area (Å²) < 4.78 is 5.43. The van der Waals surface area contributed by atoms with Crippen molar-refractivity contribution in [1.82, 2.24) is 0 Å². The molecule has 0 amide bonds. The molecule has 100 valence electrons. The molecule has 1 rings (SSSR count). The highest BCUT2D eigenvalue weighted by molar-refractivity contribution is 5.77. The summed E-state index contributed by atoms with van der Waals surface area (Å²) in [4.78, 5) is 12.1. The zero-order chi connectivity index (χ0) is 12.9. The van der Waals surface area contributed by atoms with Crippen molar-refractivity contribution in [2.45, 2.75) is 59.3 Å². The highest BCUT2D eigenvalue weighted by Crippen LogP contribution is 2.36. The quantitative estimate of drug-likeness (QED) is 0.770. The van der Waals surface area contributed by atoms with Gasteiger partial charge in [-0.3, -0.25) is 4.79 Å². The van der Waals surface area contributed by atoms with Gasteiger partial charge in [-0.15, -0.1) is 0 Å². The van der Waals surface area contributed by atoms with E-state index >= 15 is 0 Å². The normalized spacial score (nSPS) is 20.0. The monoisotopic (exact) mass is 241 g/mol. The average Bonchev–Trinajstić information content (AvgIpc) is 2.28. The fourth-order valence-electron chi connectivity index (χ4n) is 2.32. The first-order valence-corrected chi connectivity index (χ1v) is 6.77. The van der Waals surface area contributed by atoms with Crippen molar-refractivity contribution in [2.75, 3.05) is 13.2 Å².